The molecule has 1 aromatic rings. The minimum atomic E-state index is -0.0845. The second-order valence-corrected chi connectivity index (χ2v) is 3.39. The SMILES string of the molecule is CCc1c(Cl)[nH]c(=S)n(CC)c1=O. The number of hydrogen-bond acceptors (Lipinski definition) is 2. The van der Waals surface area contributed by atoms with Crippen molar-refractivity contribution in [3.63, 3.8) is 0 Å². The smallest absolute Gasteiger partial charge is 0.258 e. The highest BCUT2D eigenvalue weighted by Gasteiger charge is 2.07. The molecule has 13 heavy (non-hydrogen) atoms. The fourth-order valence-electron chi connectivity index (χ4n) is 1.18. The molecule has 1 rings (SSSR count). The van der Waals surface area contributed by atoms with Gasteiger partial charge in [-0.25, -0.2) is 0 Å². The Morgan fingerprint density at radius 1 is 1.54 bits per heavy atom. The number of halogens is 1. The molecular formula is C8H11ClN2OS. The van der Waals surface area contributed by atoms with Crippen molar-refractivity contribution in [2.24, 2.45) is 0 Å². The minimum absolute atomic E-state index is 0.0845. The van der Waals surface area contributed by atoms with Crippen LogP contribution in [0.3, 0.4) is 0 Å². The molecule has 0 fully saturated rings. The summed E-state index contributed by atoms with van der Waals surface area (Å²) in [5.74, 6) is 0. The van der Waals surface area contributed by atoms with Crippen molar-refractivity contribution in [1.29, 1.82) is 0 Å². The lowest BCUT2D eigenvalue weighted by molar-refractivity contribution is 0.682. The van der Waals surface area contributed by atoms with Crippen LogP contribution in [0, 0.1) is 4.77 Å². The van der Waals surface area contributed by atoms with Crippen molar-refractivity contribution in [1.82, 2.24) is 9.55 Å². The predicted octanol–water partition coefficient (Wildman–Crippen LogP) is 2.14. The van der Waals surface area contributed by atoms with Gasteiger partial charge in [0.15, 0.2) is 4.77 Å². The van der Waals surface area contributed by atoms with E-state index in [1.807, 2.05) is 13.8 Å². The third kappa shape index (κ3) is 1.84. The molecule has 0 aromatic carbocycles. The van der Waals surface area contributed by atoms with Gasteiger partial charge in [0, 0.05) is 6.54 Å². The van der Waals surface area contributed by atoms with Crippen molar-refractivity contribution >= 4 is 23.8 Å². The van der Waals surface area contributed by atoms with Crippen LogP contribution < -0.4 is 5.56 Å². The number of aromatic amines is 1. The third-order valence-electron chi connectivity index (χ3n) is 1.90. The molecule has 0 atom stereocenters. The Balaban J connectivity index is 3.59. The lowest BCUT2D eigenvalue weighted by Crippen LogP contribution is -2.25. The van der Waals surface area contributed by atoms with E-state index in [9.17, 15) is 4.79 Å². The second-order valence-electron chi connectivity index (χ2n) is 2.63. The van der Waals surface area contributed by atoms with Gasteiger partial charge in [-0.1, -0.05) is 18.5 Å². The highest BCUT2D eigenvalue weighted by Crippen LogP contribution is 2.08. The topological polar surface area (TPSA) is 37.8 Å². The summed E-state index contributed by atoms with van der Waals surface area (Å²) in [7, 11) is 0. The zero-order valence-corrected chi connectivity index (χ0v) is 9.13. The van der Waals surface area contributed by atoms with E-state index in [0.717, 1.165) is 0 Å². The average Bonchev–Trinajstić information content (AvgIpc) is 2.04. The first kappa shape index (κ1) is 10.5. The maximum atomic E-state index is 11.7. The first-order valence-electron chi connectivity index (χ1n) is 4.13. The second kappa shape index (κ2) is 4.07. The standard InChI is InChI=1S/C8H11ClN2OS/c1-3-5-6(9)10-8(13)11(4-2)7(5)12/h3-4H2,1-2H3,(H,10,13). The van der Waals surface area contributed by atoms with Gasteiger partial charge in [0.05, 0.1) is 5.56 Å². The lowest BCUT2D eigenvalue weighted by atomic mass is 10.2. The fourth-order valence-corrected chi connectivity index (χ4v) is 1.85. The summed E-state index contributed by atoms with van der Waals surface area (Å²) in [5.41, 5.74) is 0.510. The zero-order valence-electron chi connectivity index (χ0n) is 7.56. The van der Waals surface area contributed by atoms with Gasteiger partial charge in [-0.3, -0.25) is 9.36 Å². The maximum Gasteiger partial charge on any atom is 0.258 e. The molecule has 1 N–H and O–H groups in total. The molecular weight excluding hydrogens is 208 g/mol. The Kier molecular flexibility index (Phi) is 3.27. The molecule has 0 saturated heterocycles. The van der Waals surface area contributed by atoms with Crippen molar-refractivity contribution in [2.75, 3.05) is 0 Å². The van der Waals surface area contributed by atoms with Crippen LogP contribution in [0.15, 0.2) is 4.79 Å². The average molecular weight is 219 g/mol. The lowest BCUT2D eigenvalue weighted by Gasteiger charge is -2.06. The van der Waals surface area contributed by atoms with Crippen molar-refractivity contribution < 1.29 is 0 Å². The van der Waals surface area contributed by atoms with Crippen LogP contribution >= 0.6 is 23.8 Å². The Labute approximate surface area is 86.4 Å². The van der Waals surface area contributed by atoms with Gasteiger partial charge < -0.3 is 4.98 Å². The zero-order chi connectivity index (χ0) is 10.0. The minimum Gasteiger partial charge on any atom is -0.322 e. The van der Waals surface area contributed by atoms with Gasteiger partial charge in [-0.05, 0) is 25.6 Å². The van der Waals surface area contributed by atoms with Crippen molar-refractivity contribution in [3.05, 3.63) is 25.8 Å². The number of nitrogens with zero attached hydrogens (tertiary/aromatic N) is 1. The molecule has 5 heteroatoms. The highest BCUT2D eigenvalue weighted by molar-refractivity contribution is 7.71. The fraction of sp³-hybridized carbons (Fsp3) is 0.500. The van der Waals surface area contributed by atoms with Crippen molar-refractivity contribution in [2.45, 2.75) is 26.8 Å². The first-order chi connectivity index (χ1) is 6.11. The molecule has 0 aliphatic rings. The van der Waals surface area contributed by atoms with E-state index in [1.54, 1.807) is 0 Å². The molecule has 0 spiro atoms. The molecule has 0 aliphatic heterocycles. The van der Waals surface area contributed by atoms with Crippen LogP contribution in [0.5, 0.6) is 0 Å². The molecule has 0 bridgehead atoms. The van der Waals surface area contributed by atoms with Crippen LogP contribution in [0.4, 0.5) is 0 Å². The number of aromatic nitrogens is 2. The molecule has 1 heterocycles. The van der Waals surface area contributed by atoms with E-state index >= 15 is 0 Å². The van der Waals surface area contributed by atoms with Crippen molar-refractivity contribution in [3.8, 4) is 0 Å². The highest BCUT2D eigenvalue weighted by atomic mass is 35.5. The maximum absolute atomic E-state index is 11.7. The van der Waals surface area contributed by atoms with Gasteiger partial charge in [0.25, 0.3) is 5.56 Å². The molecule has 0 amide bonds. The van der Waals surface area contributed by atoms with Gasteiger partial charge in [0.1, 0.15) is 5.15 Å². The quantitative estimate of drug-likeness (QED) is 0.610. The Morgan fingerprint density at radius 3 is 2.62 bits per heavy atom. The van der Waals surface area contributed by atoms with E-state index < -0.39 is 0 Å². The number of hydrogen-bond donors (Lipinski definition) is 1. The summed E-state index contributed by atoms with van der Waals surface area (Å²) in [5, 5.41) is 0.363. The summed E-state index contributed by atoms with van der Waals surface area (Å²) in [4.78, 5) is 14.5. The number of rotatable bonds is 2. The van der Waals surface area contributed by atoms with Crippen LogP contribution in [0.25, 0.3) is 0 Å². The molecule has 0 saturated carbocycles. The number of H-pyrrole nitrogens is 1. The van der Waals surface area contributed by atoms with E-state index in [1.165, 1.54) is 4.57 Å². The molecule has 1 aromatic heterocycles. The molecule has 0 aliphatic carbocycles. The molecule has 0 unspecified atom stereocenters. The third-order valence-corrected chi connectivity index (χ3v) is 2.54. The van der Waals surface area contributed by atoms with E-state index in [4.69, 9.17) is 23.8 Å². The van der Waals surface area contributed by atoms with Gasteiger partial charge in [-0.2, -0.15) is 0 Å². The Morgan fingerprint density at radius 2 is 2.15 bits per heavy atom. The van der Waals surface area contributed by atoms with E-state index in [0.29, 0.717) is 28.5 Å². The predicted molar refractivity (Wildman–Crippen MR) is 55.9 cm³/mol. The number of nitrogens with one attached hydrogen (secondary N) is 1. The summed E-state index contributed by atoms with van der Waals surface area (Å²) < 4.78 is 1.88. The summed E-state index contributed by atoms with van der Waals surface area (Å²) in [6.07, 6.45) is 0.615. The van der Waals surface area contributed by atoms with Crippen LogP contribution in [0.1, 0.15) is 19.4 Å². The van der Waals surface area contributed by atoms with Crippen LogP contribution in [0.2, 0.25) is 5.15 Å². The first-order valence-corrected chi connectivity index (χ1v) is 4.91. The molecule has 72 valence electrons. The largest absolute Gasteiger partial charge is 0.322 e. The van der Waals surface area contributed by atoms with Gasteiger partial charge >= 0.3 is 0 Å². The normalized spacial score (nSPS) is 10.4. The molecule has 0 radical (unpaired) electrons. The Hall–Kier alpha value is -0.610. The van der Waals surface area contributed by atoms with Gasteiger partial charge in [-0.15, -0.1) is 0 Å². The monoisotopic (exact) mass is 218 g/mol. The molecule has 3 nitrogen and oxygen atoms in total. The van der Waals surface area contributed by atoms with Gasteiger partial charge in [0.2, 0.25) is 0 Å². The van der Waals surface area contributed by atoms with E-state index in [-0.39, 0.29) is 5.56 Å². The Bertz CT molecular complexity index is 421. The van der Waals surface area contributed by atoms with Crippen LogP contribution in [-0.4, -0.2) is 9.55 Å². The van der Waals surface area contributed by atoms with Crippen LogP contribution in [-0.2, 0) is 13.0 Å². The summed E-state index contributed by atoms with van der Waals surface area (Å²) in [6, 6.07) is 0. The summed E-state index contributed by atoms with van der Waals surface area (Å²) in [6.45, 7) is 4.33. The van der Waals surface area contributed by atoms with E-state index in [2.05, 4.69) is 4.98 Å². The summed E-state index contributed by atoms with van der Waals surface area (Å²) >= 11 is 10.8.